The molecule has 0 saturated carbocycles. The Balaban J connectivity index is 1.46. The van der Waals surface area contributed by atoms with Gasteiger partial charge in [-0.1, -0.05) is 54.2 Å². The van der Waals surface area contributed by atoms with Gasteiger partial charge in [-0.15, -0.1) is 0 Å². The number of guanidine groups is 1. The highest BCUT2D eigenvalue weighted by atomic mass is 32.2. The molecule has 28 heavy (non-hydrogen) atoms. The Labute approximate surface area is 171 Å². The molecule has 0 radical (unpaired) electrons. The lowest BCUT2D eigenvalue weighted by Crippen LogP contribution is -2.35. The maximum Gasteiger partial charge on any atom is 0.195 e. The summed E-state index contributed by atoms with van der Waals surface area (Å²) in [5.41, 5.74) is 6.11. The molecule has 4 rings (SSSR count). The molecule has 0 amide bonds. The van der Waals surface area contributed by atoms with Gasteiger partial charge in [-0.3, -0.25) is 9.98 Å². The molecule has 2 aliphatic heterocycles. The second kappa shape index (κ2) is 8.23. The summed E-state index contributed by atoms with van der Waals surface area (Å²) in [5.74, 6) is 0.867. The molecule has 0 spiro atoms. The number of nitrogens with zero attached hydrogens (tertiary/aromatic N) is 2. The molecule has 0 bridgehead atoms. The molecule has 0 fully saturated rings. The Morgan fingerprint density at radius 1 is 1.18 bits per heavy atom. The van der Waals surface area contributed by atoms with Crippen LogP contribution in [-0.2, 0) is 6.42 Å². The van der Waals surface area contributed by atoms with Crippen LogP contribution in [0.2, 0.25) is 0 Å². The van der Waals surface area contributed by atoms with E-state index in [1.807, 2.05) is 0 Å². The first-order valence-corrected chi connectivity index (χ1v) is 10.5. The summed E-state index contributed by atoms with van der Waals surface area (Å²) in [5, 5.41) is 7.80. The third-order valence-corrected chi connectivity index (χ3v) is 6.04. The zero-order valence-corrected chi connectivity index (χ0v) is 17.3. The summed E-state index contributed by atoms with van der Waals surface area (Å²) < 4.78 is 0. The number of anilines is 1. The summed E-state index contributed by atoms with van der Waals surface area (Å²) in [6.07, 6.45) is 1.94. The van der Waals surface area contributed by atoms with Gasteiger partial charge in [0.2, 0.25) is 0 Å². The van der Waals surface area contributed by atoms with Crippen molar-refractivity contribution in [2.45, 2.75) is 32.7 Å². The van der Waals surface area contributed by atoms with E-state index in [0.29, 0.717) is 0 Å². The zero-order valence-electron chi connectivity index (χ0n) is 16.5. The van der Waals surface area contributed by atoms with Crippen LogP contribution in [0.4, 0.5) is 5.69 Å². The average Bonchev–Trinajstić information content (AvgIpc) is 3.06. The van der Waals surface area contributed by atoms with Crippen LogP contribution >= 0.6 is 11.8 Å². The number of thioether (sulfide) groups is 1. The highest BCUT2D eigenvalue weighted by Crippen LogP contribution is 2.41. The van der Waals surface area contributed by atoms with Gasteiger partial charge in [0.15, 0.2) is 5.96 Å². The lowest BCUT2D eigenvalue weighted by Gasteiger charge is -2.17. The largest absolute Gasteiger partial charge is 0.356 e. The Kier molecular flexibility index (Phi) is 5.53. The molecule has 2 heterocycles. The minimum absolute atomic E-state index is 0.0669. The fourth-order valence-corrected chi connectivity index (χ4v) is 4.42. The first-order chi connectivity index (χ1) is 13.6. The van der Waals surface area contributed by atoms with Crippen LogP contribution in [0.15, 0.2) is 63.9 Å². The SMILES string of the molecule is C=C1SC(Cc2ccc(NC3=NCCCN3)cc2C)=NC1c1ccc(C)cc1. The molecular weight excluding hydrogens is 364 g/mol. The van der Waals surface area contributed by atoms with Crippen molar-refractivity contribution in [1.29, 1.82) is 0 Å². The molecule has 2 aromatic rings. The van der Waals surface area contributed by atoms with Gasteiger partial charge < -0.3 is 10.6 Å². The van der Waals surface area contributed by atoms with E-state index in [9.17, 15) is 0 Å². The molecule has 4 nitrogen and oxygen atoms in total. The summed E-state index contributed by atoms with van der Waals surface area (Å²) in [4.78, 5) is 10.5. The van der Waals surface area contributed by atoms with Crippen LogP contribution in [0.1, 0.15) is 34.7 Å². The third-order valence-electron chi connectivity index (χ3n) is 5.06. The minimum atomic E-state index is 0.0669. The first kappa shape index (κ1) is 18.8. The number of aryl methyl sites for hydroxylation is 2. The number of hydrogen-bond acceptors (Lipinski definition) is 5. The van der Waals surface area contributed by atoms with Gasteiger partial charge in [-0.2, -0.15) is 0 Å². The van der Waals surface area contributed by atoms with Crippen LogP contribution in [-0.4, -0.2) is 24.1 Å². The van der Waals surface area contributed by atoms with Crippen LogP contribution in [0.5, 0.6) is 0 Å². The van der Waals surface area contributed by atoms with E-state index in [4.69, 9.17) is 4.99 Å². The smallest absolute Gasteiger partial charge is 0.195 e. The number of nitrogens with one attached hydrogen (secondary N) is 2. The van der Waals surface area contributed by atoms with Gasteiger partial charge in [-0.25, -0.2) is 0 Å². The number of aliphatic imine (C=N–C) groups is 2. The molecular formula is C23H26N4S. The van der Waals surface area contributed by atoms with Crippen molar-refractivity contribution >= 4 is 28.5 Å². The molecule has 1 atom stereocenters. The highest BCUT2D eigenvalue weighted by Gasteiger charge is 2.24. The van der Waals surface area contributed by atoms with Gasteiger partial charge in [0.05, 0.1) is 5.04 Å². The molecule has 2 aromatic carbocycles. The van der Waals surface area contributed by atoms with E-state index in [0.717, 1.165) is 47.5 Å². The van der Waals surface area contributed by atoms with Crippen molar-refractivity contribution in [2.24, 2.45) is 9.98 Å². The van der Waals surface area contributed by atoms with E-state index in [-0.39, 0.29) is 6.04 Å². The maximum atomic E-state index is 4.96. The van der Waals surface area contributed by atoms with Crippen molar-refractivity contribution in [3.05, 3.63) is 76.2 Å². The normalized spacial score (nSPS) is 19.1. The summed E-state index contributed by atoms with van der Waals surface area (Å²) in [6.45, 7) is 10.4. The Bertz CT molecular complexity index is 944. The lowest BCUT2D eigenvalue weighted by molar-refractivity contribution is 0.740. The van der Waals surface area contributed by atoms with E-state index in [1.54, 1.807) is 11.8 Å². The second-order valence-electron chi connectivity index (χ2n) is 7.36. The molecule has 0 saturated heterocycles. The molecule has 1 unspecified atom stereocenters. The fourth-order valence-electron chi connectivity index (χ4n) is 3.43. The molecule has 5 heteroatoms. The lowest BCUT2D eigenvalue weighted by atomic mass is 10.0. The zero-order chi connectivity index (χ0) is 19.5. The topological polar surface area (TPSA) is 48.8 Å². The maximum absolute atomic E-state index is 4.96. The predicted molar refractivity (Wildman–Crippen MR) is 122 cm³/mol. The second-order valence-corrected chi connectivity index (χ2v) is 8.56. The van der Waals surface area contributed by atoms with Gasteiger partial charge in [0.25, 0.3) is 0 Å². The summed E-state index contributed by atoms with van der Waals surface area (Å²) >= 11 is 1.72. The van der Waals surface area contributed by atoms with Gasteiger partial charge >= 0.3 is 0 Å². The van der Waals surface area contributed by atoms with E-state index in [1.165, 1.54) is 22.3 Å². The quantitative estimate of drug-likeness (QED) is 0.772. The van der Waals surface area contributed by atoms with Crippen LogP contribution < -0.4 is 10.6 Å². The van der Waals surface area contributed by atoms with Gasteiger partial charge in [0, 0.05) is 30.1 Å². The highest BCUT2D eigenvalue weighted by molar-refractivity contribution is 8.17. The molecule has 144 valence electrons. The van der Waals surface area contributed by atoms with Crippen molar-refractivity contribution in [2.75, 3.05) is 18.4 Å². The minimum Gasteiger partial charge on any atom is -0.356 e. The van der Waals surface area contributed by atoms with Gasteiger partial charge in [0.1, 0.15) is 6.04 Å². The summed E-state index contributed by atoms with van der Waals surface area (Å²) in [6, 6.07) is 15.2. The number of benzene rings is 2. The van der Waals surface area contributed by atoms with Crippen molar-refractivity contribution in [1.82, 2.24) is 5.32 Å². The Morgan fingerprint density at radius 2 is 2.00 bits per heavy atom. The van der Waals surface area contributed by atoms with E-state index >= 15 is 0 Å². The summed E-state index contributed by atoms with van der Waals surface area (Å²) in [7, 11) is 0. The molecule has 2 aliphatic rings. The standard InChI is InChI=1S/C23H26N4S/c1-15-5-7-18(8-6-15)22-17(3)28-21(27-22)14-19-9-10-20(13-16(19)2)26-23-24-11-4-12-25-23/h5-10,13,22H,3-4,11-12,14H2,1-2H3,(H2,24,25,26). The first-order valence-electron chi connectivity index (χ1n) is 9.73. The van der Waals surface area contributed by atoms with Crippen LogP contribution in [0, 0.1) is 13.8 Å². The third kappa shape index (κ3) is 4.30. The van der Waals surface area contributed by atoms with Crippen molar-refractivity contribution in [3.8, 4) is 0 Å². The molecule has 0 aliphatic carbocycles. The number of rotatable bonds is 4. The molecule has 2 N–H and O–H groups in total. The number of hydrogen-bond donors (Lipinski definition) is 2. The van der Waals surface area contributed by atoms with E-state index < -0.39 is 0 Å². The Hall–Kier alpha value is -2.53. The molecule has 0 aromatic heterocycles. The van der Waals surface area contributed by atoms with Gasteiger partial charge in [-0.05, 0) is 49.1 Å². The monoisotopic (exact) mass is 390 g/mol. The van der Waals surface area contributed by atoms with Crippen molar-refractivity contribution < 1.29 is 0 Å². The predicted octanol–water partition coefficient (Wildman–Crippen LogP) is 5.01. The van der Waals surface area contributed by atoms with E-state index in [2.05, 4.69) is 78.5 Å². The fraction of sp³-hybridized carbons (Fsp3) is 0.304. The van der Waals surface area contributed by atoms with Crippen LogP contribution in [0.3, 0.4) is 0 Å². The Morgan fingerprint density at radius 3 is 2.71 bits per heavy atom. The average molecular weight is 391 g/mol. The van der Waals surface area contributed by atoms with Crippen molar-refractivity contribution in [3.63, 3.8) is 0 Å². The van der Waals surface area contributed by atoms with Crippen LogP contribution in [0.25, 0.3) is 0 Å².